The van der Waals surface area contributed by atoms with E-state index in [0.29, 0.717) is 5.56 Å². The average molecular weight is 461 g/mol. The van der Waals surface area contributed by atoms with Crippen molar-refractivity contribution in [1.82, 2.24) is 15.5 Å². The summed E-state index contributed by atoms with van der Waals surface area (Å²) in [6, 6.07) is 4.69. The van der Waals surface area contributed by atoms with Crippen molar-refractivity contribution in [2.24, 2.45) is 5.73 Å². The molecule has 1 rings (SSSR count). The molecular formula is C24H36N4O5. The number of carbonyl (C=O) groups is 4. The molecular weight excluding hydrogens is 424 g/mol. The number of aryl methyl sites for hydroxylation is 1. The number of primary amides is 1. The summed E-state index contributed by atoms with van der Waals surface area (Å²) in [5.74, 6) is -1.85. The molecule has 0 saturated heterocycles. The minimum absolute atomic E-state index is 0.00574. The SMILES string of the molecule is C=CCN(C(=O)C(CC(N)=O)NC(=O)OC(C)(C)C)C(C(=O)NC(C)C)c1cccc(C)c1. The molecule has 0 spiro atoms. The van der Waals surface area contributed by atoms with Gasteiger partial charge in [-0.25, -0.2) is 4.79 Å². The van der Waals surface area contributed by atoms with E-state index in [2.05, 4.69) is 17.2 Å². The van der Waals surface area contributed by atoms with E-state index in [0.717, 1.165) is 5.56 Å². The fourth-order valence-electron chi connectivity index (χ4n) is 3.19. The minimum atomic E-state index is -1.32. The van der Waals surface area contributed by atoms with Crippen molar-refractivity contribution < 1.29 is 23.9 Å². The van der Waals surface area contributed by atoms with Crippen LogP contribution in [0.25, 0.3) is 0 Å². The Kier molecular flexibility index (Phi) is 10.1. The normalized spacial score (nSPS) is 12.9. The van der Waals surface area contributed by atoms with Gasteiger partial charge in [0.1, 0.15) is 17.7 Å². The van der Waals surface area contributed by atoms with E-state index in [1.807, 2.05) is 26.8 Å². The summed E-state index contributed by atoms with van der Waals surface area (Å²) in [5, 5.41) is 5.26. The van der Waals surface area contributed by atoms with Crippen LogP contribution in [0.1, 0.15) is 58.2 Å². The van der Waals surface area contributed by atoms with E-state index in [-0.39, 0.29) is 12.6 Å². The molecule has 9 heteroatoms. The van der Waals surface area contributed by atoms with E-state index < -0.39 is 47.9 Å². The van der Waals surface area contributed by atoms with E-state index in [1.165, 1.54) is 11.0 Å². The second-order valence-corrected chi connectivity index (χ2v) is 9.13. The summed E-state index contributed by atoms with van der Waals surface area (Å²) in [6.07, 6.45) is 0.135. The first kappa shape index (κ1) is 27.7. The number of ether oxygens (including phenoxy) is 1. The molecule has 4 N–H and O–H groups in total. The maximum absolute atomic E-state index is 13.6. The highest BCUT2D eigenvalue weighted by Crippen LogP contribution is 2.24. The molecule has 9 nitrogen and oxygen atoms in total. The number of hydrogen-bond donors (Lipinski definition) is 3. The van der Waals surface area contributed by atoms with Crippen molar-refractivity contribution >= 4 is 23.8 Å². The highest BCUT2D eigenvalue weighted by molar-refractivity contribution is 5.94. The molecule has 33 heavy (non-hydrogen) atoms. The van der Waals surface area contributed by atoms with Gasteiger partial charge in [-0.3, -0.25) is 14.4 Å². The molecule has 0 aromatic heterocycles. The average Bonchev–Trinajstić information content (AvgIpc) is 2.64. The zero-order valence-corrected chi connectivity index (χ0v) is 20.3. The number of nitrogens with zero attached hydrogens (tertiary/aromatic N) is 1. The van der Waals surface area contributed by atoms with E-state index in [9.17, 15) is 19.2 Å². The largest absolute Gasteiger partial charge is 0.444 e. The Morgan fingerprint density at radius 1 is 1.18 bits per heavy atom. The van der Waals surface area contributed by atoms with Crippen LogP contribution in [0.2, 0.25) is 0 Å². The van der Waals surface area contributed by atoms with E-state index in [4.69, 9.17) is 10.5 Å². The van der Waals surface area contributed by atoms with Gasteiger partial charge in [-0.2, -0.15) is 0 Å². The first-order valence-corrected chi connectivity index (χ1v) is 10.8. The van der Waals surface area contributed by atoms with Crippen molar-refractivity contribution in [1.29, 1.82) is 0 Å². The Balaban J connectivity index is 3.43. The quantitative estimate of drug-likeness (QED) is 0.461. The third kappa shape index (κ3) is 9.34. The van der Waals surface area contributed by atoms with Crippen molar-refractivity contribution in [2.45, 2.75) is 71.7 Å². The van der Waals surface area contributed by atoms with Crippen LogP contribution in [0.3, 0.4) is 0 Å². The van der Waals surface area contributed by atoms with Crippen molar-refractivity contribution in [3.05, 3.63) is 48.0 Å². The summed E-state index contributed by atoms with van der Waals surface area (Å²) >= 11 is 0. The lowest BCUT2D eigenvalue weighted by molar-refractivity contribution is -0.142. The van der Waals surface area contributed by atoms with Crippen LogP contribution >= 0.6 is 0 Å². The molecule has 0 fully saturated rings. The van der Waals surface area contributed by atoms with E-state index >= 15 is 0 Å². The molecule has 2 unspecified atom stereocenters. The number of benzene rings is 1. The third-order valence-corrected chi connectivity index (χ3v) is 4.35. The van der Waals surface area contributed by atoms with Gasteiger partial charge in [0.25, 0.3) is 0 Å². The summed E-state index contributed by atoms with van der Waals surface area (Å²) in [4.78, 5) is 52.1. The second kappa shape index (κ2) is 12.0. The maximum Gasteiger partial charge on any atom is 0.408 e. The number of carbonyl (C=O) groups excluding carboxylic acids is 4. The first-order chi connectivity index (χ1) is 15.2. The Labute approximate surface area is 195 Å². The van der Waals surface area contributed by atoms with Gasteiger partial charge < -0.3 is 26.0 Å². The van der Waals surface area contributed by atoms with Gasteiger partial charge >= 0.3 is 6.09 Å². The number of amides is 4. The molecule has 182 valence electrons. The second-order valence-electron chi connectivity index (χ2n) is 9.13. The molecule has 0 aliphatic heterocycles. The van der Waals surface area contributed by atoms with E-state index in [1.54, 1.807) is 39.0 Å². The zero-order chi connectivity index (χ0) is 25.3. The van der Waals surface area contributed by atoms with Gasteiger partial charge in [0, 0.05) is 12.6 Å². The van der Waals surface area contributed by atoms with Gasteiger partial charge in [0.2, 0.25) is 17.7 Å². The first-order valence-electron chi connectivity index (χ1n) is 10.8. The molecule has 0 radical (unpaired) electrons. The summed E-state index contributed by atoms with van der Waals surface area (Å²) in [5.41, 5.74) is 6.01. The topological polar surface area (TPSA) is 131 Å². The number of nitrogens with one attached hydrogen (secondary N) is 2. The lowest BCUT2D eigenvalue weighted by Gasteiger charge is -2.34. The maximum atomic E-state index is 13.6. The summed E-state index contributed by atoms with van der Waals surface area (Å²) in [6.45, 7) is 14.2. The number of alkyl carbamates (subject to hydrolysis) is 1. The number of rotatable bonds is 10. The Morgan fingerprint density at radius 2 is 1.82 bits per heavy atom. The number of nitrogens with two attached hydrogens (primary N) is 1. The zero-order valence-electron chi connectivity index (χ0n) is 20.3. The Morgan fingerprint density at radius 3 is 2.30 bits per heavy atom. The van der Waals surface area contributed by atoms with Crippen LogP contribution in [-0.2, 0) is 19.1 Å². The smallest absolute Gasteiger partial charge is 0.408 e. The van der Waals surface area contributed by atoms with Gasteiger partial charge in [-0.15, -0.1) is 6.58 Å². The van der Waals surface area contributed by atoms with Crippen molar-refractivity contribution in [3.8, 4) is 0 Å². The molecule has 4 amide bonds. The van der Waals surface area contributed by atoms with Crippen LogP contribution in [0.5, 0.6) is 0 Å². The fourth-order valence-corrected chi connectivity index (χ4v) is 3.19. The predicted molar refractivity (Wildman–Crippen MR) is 126 cm³/mol. The third-order valence-electron chi connectivity index (χ3n) is 4.35. The molecule has 2 atom stereocenters. The van der Waals surface area contributed by atoms with Crippen molar-refractivity contribution in [3.63, 3.8) is 0 Å². The predicted octanol–water partition coefficient (Wildman–Crippen LogP) is 2.34. The monoisotopic (exact) mass is 460 g/mol. The Hall–Kier alpha value is -3.36. The lowest BCUT2D eigenvalue weighted by Crippen LogP contribution is -2.54. The summed E-state index contributed by atoms with van der Waals surface area (Å²) in [7, 11) is 0. The molecule has 0 aliphatic rings. The summed E-state index contributed by atoms with van der Waals surface area (Å²) < 4.78 is 5.23. The van der Waals surface area contributed by atoms with Crippen LogP contribution in [0, 0.1) is 6.92 Å². The standard InChI is InChI=1S/C24H36N4O5/c1-8-12-28(20(21(30)26-15(2)3)17-11-9-10-16(4)13-17)22(31)18(14-19(25)29)27-23(32)33-24(5,6)7/h8-11,13,15,18,20H,1,12,14H2,2-7H3,(H2,25,29)(H,26,30)(H,27,32). The highest BCUT2D eigenvalue weighted by atomic mass is 16.6. The fraction of sp³-hybridized carbons (Fsp3) is 0.500. The minimum Gasteiger partial charge on any atom is -0.444 e. The molecule has 0 saturated carbocycles. The molecule has 0 bridgehead atoms. The Bertz CT molecular complexity index is 876. The van der Waals surface area contributed by atoms with Crippen LogP contribution in [-0.4, -0.2) is 52.9 Å². The lowest BCUT2D eigenvalue weighted by atomic mass is 10.00. The number of hydrogen-bond acceptors (Lipinski definition) is 5. The highest BCUT2D eigenvalue weighted by Gasteiger charge is 2.36. The van der Waals surface area contributed by atoms with Gasteiger partial charge in [-0.1, -0.05) is 35.9 Å². The van der Waals surface area contributed by atoms with Gasteiger partial charge in [-0.05, 0) is 47.1 Å². The van der Waals surface area contributed by atoms with Crippen molar-refractivity contribution in [2.75, 3.05) is 6.54 Å². The molecule has 0 heterocycles. The van der Waals surface area contributed by atoms with Gasteiger partial charge in [0.15, 0.2) is 0 Å². The molecule has 1 aromatic rings. The molecule has 1 aromatic carbocycles. The molecule has 0 aliphatic carbocycles. The van der Waals surface area contributed by atoms with Crippen LogP contribution in [0.15, 0.2) is 36.9 Å². The van der Waals surface area contributed by atoms with Crippen LogP contribution < -0.4 is 16.4 Å². The van der Waals surface area contributed by atoms with Gasteiger partial charge in [0.05, 0.1) is 6.42 Å². The van der Waals surface area contributed by atoms with Crippen LogP contribution in [0.4, 0.5) is 4.79 Å².